The topological polar surface area (TPSA) is 38.9 Å². The lowest BCUT2D eigenvalue weighted by molar-refractivity contribution is 1.37. The molecular formula is C9H7ClN2. The van der Waals surface area contributed by atoms with E-state index in [4.69, 9.17) is 17.3 Å². The number of fused-ring (bicyclic) bond motifs is 1. The molecule has 3 heteroatoms. The second-order valence-corrected chi connectivity index (χ2v) is 2.98. The Hall–Kier alpha value is -1.28. The molecule has 0 aliphatic carbocycles. The summed E-state index contributed by atoms with van der Waals surface area (Å²) in [5, 5.41) is 2.67. The fourth-order valence-corrected chi connectivity index (χ4v) is 1.38. The molecule has 0 aliphatic rings. The molecule has 2 nitrogen and oxygen atoms in total. The van der Waals surface area contributed by atoms with E-state index < -0.39 is 0 Å². The van der Waals surface area contributed by atoms with Gasteiger partial charge in [-0.25, -0.2) is 4.98 Å². The third kappa shape index (κ3) is 1.10. The predicted molar refractivity (Wildman–Crippen MR) is 51.2 cm³/mol. The largest absolute Gasteiger partial charge is 0.384 e. The van der Waals surface area contributed by atoms with Gasteiger partial charge in [0.15, 0.2) is 0 Å². The summed E-state index contributed by atoms with van der Waals surface area (Å²) in [6.45, 7) is 0. The van der Waals surface area contributed by atoms with Crippen molar-refractivity contribution in [2.75, 3.05) is 5.73 Å². The number of nitrogens with zero attached hydrogens (tertiary/aromatic N) is 1. The Morgan fingerprint density at radius 3 is 3.00 bits per heavy atom. The van der Waals surface area contributed by atoms with Crippen LogP contribution >= 0.6 is 11.6 Å². The van der Waals surface area contributed by atoms with Gasteiger partial charge in [0.25, 0.3) is 0 Å². The zero-order valence-electron chi connectivity index (χ0n) is 6.29. The van der Waals surface area contributed by atoms with Crippen molar-refractivity contribution in [3.05, 3.63) is 35.5 Å². The lowest BCUT2D eigenvalue weighted by Gasteiger charge is -1.99. The van der Waals surface area contributed by atoms with Crippen LogP contribution in [-0.4, -0.2) is 4.98 Å². The van der Waals surface area contributed by atoms with E-state index >= 15 is 0 Å². The third-order valence-corrected chi connectivity index (χ3v) is 2.06. The Labute approximate surface area is 75.0 Å². The Kier molecular flexibility index (Phi) is 1.62. The molecule has 0 saturated heterocycles. The van der Waals surface area contributed by atoms with Crippen LogP contribution in [0.25, 0.3) is 10.8 Å². The molecule has 0 spiro atoms. The molecule has 0 unspecified atom stereocenters. The number of pyridine rings is 1. The van der Waals surface area contributed by atoms with Crippen LogP contribution in [0.15, 0.2) is 30.5 Å². The number of rotatable bonds is 0. The van der Waals surface area contributed by atoms with Crippen molar-refractivity contribution in [2.45, 2.75) is 0 Å². The number of halogens is 1. The van der Waals surface area contributed by atoms with Gasteiger partial charge in [-0.1, -0.05) is 23.7 Å². The van der Waals surface area contributed by atoms with Crippen LogP contribution in [0.3, 0.4) is 0 Å². The lowest BCUT2D eigenvalue weighted by Crippen LogP contribution is -1.88. The van der Waals surface area contributed by atoms with Gasteiger partial charge >= 0.3 is 0 Å². The Morgan fingerprint density at radius 2 is 2.17 bits per heavy atom. The van der Waals surface area contributed by atoms with Crippen LogP contribution < -0.4 is 5.73 Å². The molecule has 0 atom stereocenters. The summed E-state index contributed by atoms with van der Waals surface area (Å²) < 4.78 is 0. The molecule has 2 aromatic rings. The molecule has 2 rings (SSSR count). The molecule has 0 radical (unpaired) electrons. The minimum atomic E-state index is 0.496. The first-order chi connectivity index (χ1) is 5.77. The quantitative estimate of drug-likeness (QED) is 0.673. The van der Waals surface area contributed by atoms with Crippen LogP contribution in [0.1, 0.15) is 0 Å². The first-order valence-electron chi connectivity index (χ1n) is 3.57. The molecule has 12 heavy (non-hydrogen) atoms. The molecule has 0 saturated carbocycles. The second-order valence-electron chi connectivity index (χ2n) is 2.57. The van der Waals surface area contributed by atoms with E-state index in [2.05, 4.69) is 4.98 Å². The molecule has 1 aromatic heterocycles. The number of anilines is 1. The van der Waals surface area contributed by atoms with Crippen LogP contribution in [0, 0.1) is 0 Å². The summed E-state index contributed by atoms with van der Waals surface area (Å²) >= 11 is 5.95. The summed E-state index contributed by atoms with van der Waals surface area (Å²) in [7, 11) is 0. The van der Waals surface area contributed by atoms with Gasteiger partial charge in [0.1, 0.15) is 5.82 Å². The first kappa shape index (κ1) is 7.37. The average molecular weight is 179 g/mol. The summed E-state index contributed by atoms with van der Waals surface area (Å²) in [6.07, 6.45) is 1.72. The van der Waals surface area contributed by atoms with Crippen molar-refractivity contribution in [3.8, 4) is 0 Å². The van der Waals surface area contributed by atoms with Gasteiger partial charge in [-0.2, -0.15) is 0 Å². The summed E-state index contributed by atoms with van der Waals surface area (Å²) in [6, 6.07) is 7.46. The zero-order valence-corrected chi connectivity index (χ0v) is 7.05. The Morgan fingerprint density at radius 1 is 1.33 bits per heavy atom. The van der Waals surface area contributed by atoms with Gasteiger partial charge in [0.05, 0.1) is 0 Å². The minimum absolute atomic E-state index is 0.496. The van der Waals surface area contributed by atoms with Crippen LogP contribution in [0.2, 0.25) is 5.02 Å². The van der Waals surface area contributed by atoms with Gasteiger partial charge in [-0.15, -0.1) is 0 Å². The number of benzene rings is 1. The van der Waals surface area contributed by atoms with E-state index in [0.29, 0.717) is 10.8 Å². The van der Waals surface area contributed by atoms with E-state index in [0.717, 1.165) is 10.8 Å². The number of hydrogen-bond acceptors (Lipinski definition) is 2. The highest BCUT2D eigenvalue weighted by Gasteiger charge is 1.98. The molecule has 1 heterocycles. The molecule has 0 fully saturated rings. The third-order valence-electron chi connectivity index (χ3n) is 1.73. The maximum atomic E-state index is 5.95. The zero-order chi connectivity index (χ0) is 8.55. The summed E-state index contributed by atoms with van der Waals surface area (Å²) in [5.74, 6) is 0.496. The van der Waals surface area contributed by atoms with Crippen molar-refractivity contribution < 1.29 is 0 Å². The molecule has 0 bridgehead atoms. The Balaban J connectivity index is 2.88. The number of hydrogen-bond donors (Lipinski definition) is 1. The molecule has 60 valence electrons. The smallest absolute Gasteiger partial charge is 0.123 e. The molecule has 0 amide bonds. The maximum Gasteiger partial charge on any atom is 0.123 e. The lowest BCUT2D eigenvalue weighted by atomic mass is 10.2. The maximum absolute atomic E-state index is 5.95. The van der Waals surface area contributed by atoms with Gasteiger partial charge in [0, 0.05) is 22.0 Å². The van der Waals surface area contributed by atoms with Gasteiger partial charge in [0.2, 0.25) is 0 Å². The molecular weight excluding hydrogens is 172 g/mol. The van der Waals surface area contributed by atoms with E-state index in [1.165, 1.54) is 0 Å². The molecule has 1 aromatic carbocycles. The fourth-order valence-electron chi connectivity index (χ4n) is 1.15. The fraction of sp³-hybridized carbons (Fsp3) is 0. The monoisotopic (exact) mass is 178 g/mol. The van der Waals surface area contributed by atoms with Crippen LogP contribution in [0.5, 0.6) is 0 Å². The van der Waals surface area contributed by atoms with Crippen LogP contribution in [-0.2, 0) is 0 Å². The minimum Gasteiger partial charge on any atom is -0.384 e. The number of nitrogens with two attached hydrogens (primary N) is 1. The highest BCUT2D eigenvalue weighted by Crippen LogP contribution is 2.23. The van der Waals surface area contributed by atoms with Crippen molar-refractivity contribution >= 4 is 28.2 Å². The van der Waals surface area contributed by atoms with Gasteiger partial charge < -0.3 is 5.73 Å². The highest BCUT2D eigenvalue weighted by molar-refractivity contribution is 6.35. The van der Waals surface area contributed by atoms with E-state index in [9.17, 15) is 0 Å². The predicted octanol–water partition coefficient (Wildman–Crippen LogP) is 2.47. The highest BCUT2D eigenvalue weighted by atomic mass is 35.5. The average Bonchev–Trinajstić information content (AvgIpc) is 2.07. The Bertz CT molecular complexity index is 426. The van der Waals surface area contributed by atoms with Gasteiger partial charge in [-0.05, 0) is 12.1 Å². The second kappa shape index (κ2) is 2.64. The van der Waals surface area contributed by atoms with Gasteiger partial charge in [-0.3, -0.25) is 0 Å². The number of nitrogen functional groups attached to an aromatic ring is 1. The van der Waals surface area contributed by atoms with Crippen molar-refractivity contribution in [2.24, 2.45) is 0 Å². The van der Waals surface area contributed by atoms with Crippen molar-refractivity contribution in [1.29, 1.82) is 0 Å². The van der Waals surface area contributed by atoms with Crippen molar-refractivity contribution in [1.82, 2.24) is 4.98 Å². The number of aromatic nitrogens is 1. The normalized spacial score (nSPS) is 10.4. The molecule has 2 N–H and O–H groups in total. The van der Waals surface area contributed by atoms with E-state index in [-0.39, 0.29) is 0 Å². The summed E-state index contributed by atoms with van der Waals surface area (Å²) in [4.78, 5) is 3.97. The van der Waals surface area contributed by atoms with Crippen LogP contribution in [0.4, 0.5) is 5.82 Å². The van der Waals surface area contributed by atoms with Crippen molar-refractivity contribution in [3.63, 3.8) is 0 Å². The SMILES string of the molecule is Nc1cc2c(Cl)cccc2cn1. The van der Waals surface area contributed by atoms with E-state index in [1.54, 1.807) is 12.3 Å². The standard InChI is InChI=1S/C9H7ClN2/c10-8-3-1-2-6-5-12-9(11)4-7(6)8/h1-5H,(H2,11,12). The summed E-state index contributed by atoms with van der Waals surface area (Å²) in [5.41, 5.74) is 5.52. The molecule has 0 aliphatic heterocycles. The van der Waals surface area contributed by atoms with E-state index in [1.807, 2.05) is 18.2 Å². The first-order valence-corrected chi connectivity index (χ1v) is 3.95.